The summed E-state index contributed by atoms with van der Waals surface area (Å²) in [6, 6.07) is 5.57. The van der Waals surface area contributed by atoms with Crippen molar-refractivity contribution in [2.45, 2.75) is 6.54 Å². The van der Waals surface area contributed by atoms with Gasteiger partial charge in [-0.15, -0.1) is 0 Å². The average molecular weight is 437 g/mol. The Kier molecular flexibility index (Phi) is 4.46. The van der Waals surface area contributed by atoms with E-state index in [4.69, 9.17) is 4.74 Å². The van der Waals surface area contributed by atoms with Crippen molar-refractivity contribution in [1.82, 2.24) is 9.55 Å². The van der Waals surface area contributed by atoms with Gasteiger partial charge in [-0.2, -0.15) is 0 Å². The molecule has 0 fully saturated rings. The lowest BCUT2D eigenvalue weighted by molar-refractivity contribution is 0.412. The molecule has 0 saturated carbocycles. The van der Waals surface area contributed by atoms with Crippen molar-refractivity contribution in [1.29, 1.82) is 0 Å². The number of nitrogens with one attached hydrogen (secondary N) is 1. The Morgan fingerprint density at radius 2 is 2.16 bits per heavy atom. The van der Waals surface area contributed by atoms with Crippen LogP contribution in [0.1, 0.15) is 5.56 Å². The first-order valence-corrected chi connectivity index (χ1v) is 7.20. The van der Waals surface area contributed by atoms with Crippen LogP contribution in [-0.4, -0.2) is 16.7 Å². The van der Waals surface area contributed by atoms with Crippen molar-refractivity contribution in [2.75, 3.05) is 7.11 Å². The Morgan fingerprint density at radius 1 is 1.42 bits per heavy atom. The summed E-state index contributed by atoms with van der Waals surface area (Å²) < 4.78 is 7.90. The Morgan fingerprint density at radius 3 is 2.79 bits per heavy atom. The highest BCUT2D eigenvalue weighted by Crippen LogP contribution is 2.25. The van der Waals surface area contributed by atoms with E-state index in [0.29, 0.717) is 10.1 Å². The first kappa shape index (κ1) is 14.3. The molecule has 0 unspecified atom stereocenters. The molecule has 0 saturated heterocycles. The van der Waals surface area contributed by atoms with Crippen LogP contribution in [0.25, 0.3) is 0 Å². The van der Waals surface area contributed by atoms with Gasteiger partial charge in [0.1, 0.15) is 5.75 Å². The summed E-state index contributed by atoms with van der Waals surface area (Å²) in [5.74, 6) is 0.729. The van der Waals surface area contributed by atoms with Crippen molar-refractivity contribution < 1.29 is 4.74 Å². The molecule has 2 aromatic rings. The zero-order chi connectivity index (χ0) is 14.0. The number of hydrogen-bond donors (Lipinski definition) is 1. The molecule has 0 spiro atoms. The largest absolute Gasteiger partial charge is 0.496 e. The molecule has 2 rings (SSSR count). The van der Waals surface area contributed by atoms with Gasteiger partial charge in [0.05, 0.1) is 21.7 Å². The third kappa shape index (κ3) is 3.27. The fraction of sp³-hybridized carbons (Fsp3) is 0.167. The zero-order valence-electron chi connectivity index (χ0n) is 9.94. The van der Waals surface area contributed by atoms with E-state index in [1.807, 2.05) is 40.8 Å². The molecule has 0 bridgehead atoms. The molecule has 100 valence electrons. The topological polar surface area (TPSA) is 64.1 Å². The molecule has 0 atom stereocenters. The van der Waals surface area contributed by atoms with Gasteiger partial charge in [0.15, 0.2) is 0 Å². The van der Waals surface area contributed by atoms with E-state index in [9.17, 15) is 9.59 Å². The molecule has 7 heteroatoms. The monoisotopic (exact) mass is 436 g/mol. The van der Waals surface area contributed by atoms with Gasteiger partial charge >= 0.3 is 5.69 Å². The summed E-state index contributed by atoms with van der Waals surface area (Å²) in [4.78, 5) is 25.2. The lowest BCUT2D eigenvalue weighted by Gasteiger charge is -2.08. The zero-order valence-corrected chi connectivity index (χ0v) is 13.7. The van der Waals surface area contributed by atoms with Crippen molar-refractivity contribution in [3.8, 4) is 5.75 Å². The Balaban J connectivity index is 2.36. The van der Waals surface area contributed by atoms with Gasteiger partial charge in [-0.1, -0.05) is 6.07 Å². The van der Waals surface area contributed by atoms with E-state index < -0.39 is 5.69 Å². The molecule has 19 heavy (non-hydrogen) atoms. The summed E-state index contributed by atoms with van der Waals surface area (Å²) in [5.41, 5.74) is 0.146. The molecule has 0 amide bonds. The van der Waals surface area contributed by atoms with E-state index in [1.165, 1.54) is 4.57 Å². The molecule has 1 aromatic carbocycles. The summed E-state index contributed by atoms with van der Waals surface area (Å²) in [6.45, 7) is 0.383. The number of rotatable bonds is 3. The van der Waals surface area contributed by atoms with Crippen LogP contribution in [0.2, 0.25) is 0 Å². The van der Waals surface area contributed by atoms with Crippen LogP contribution in [0.5, 0.6) is 5.75 Å². The van der Waals surface area contributed by atoms with Crippen molar-refractivity contribution >= 4 is 38.5 Å². The molecule has 5 nitrogen and oxygen atoms in total. The Bertz CT molecular complexity index is 724. The highest BCUT2D eigenvalue weighted by molar-refractivity contribution is 14.1. The van der Waals surface area contributed by atoms with Crippen LogP contribution >= 0.6 is 38.5 Å². The van der Waals surface area contributed by atoms with Crippen LogP contribution in [0.15, 0.2) is 38.5 Å². The minimum atomic E-state index is -0.419. The van der Waals surface area contributed by atoms with Crippen molar-refractivity contribution in [3.05, 3.63) is 58.8 Å². The molecule has 0 aliphatic heterocycles. The van der Waals surface area contributed by atoms with Crippen LogP contribution < -0.4 is 16.0 Å². The summed E-state index contributed by atoms with van der Waals surface area (Å²) in [6.07, 6.45) is 1.54. The highest BCUT2D eigenvalue weighted by atomic mass is 127. The van der Waals surface area contributed by atoms with Gasteiger partial charge in [-0.05, 0) is 56.2 Å². The van der Waals surface area contributed by atoms with Gasteiger partial charge in [-0.25, -0.2) is 4.79 Å². The fourth-order valence-electron chi connectivity index (χ4n) is 1.61. The summed E-state index contributed by atoms with van der Waals surface area (Å²) >= 11 is 5.29. The van der Waals surface area contributed by atoms with Crippen molar-refractivity contribution in [2.24, 2.45) is 0 Å². The SMILES string of the molecule is COc1ccc(Cn2cc(I)c(=O)[nH]c2=O)cc1Br. The fourth-order valence-corrected chi connectivity index (χ4v) is 2.66. The number of H-pyrrole nitrogens is 1. The van der Waals surface area contributed by atoms with Crippen LogP contribution in [-0.2, 0) is 6.54 Å². The maximum absolute atomic E-state index is 11.7. The average Bonchev–Trinajstić information content (AvgIpc) is 2.36. The van der Waals surface area contributed by atoms with E-state index in [1.54, 1.807) is 13.3 Å². The number of aromatic nitrogens is 2. The number of methoxy groups -OCH3 is 1. The van der Waals surface area contributed by atoms with E-state index in [2.05, 4.69) is 20.9 Å². The number of nitrogens with zero attached hydrogens (tertiary/aromatic N) is 1. The van der Waals surface area contributed by atoms with Crippen molar-refractivity contribution in [3.63, 3.8) is 0 Å². The molecule has 1 aromatic heterocycles. The molecule has 1 heterocycles. The second kappa shape index (κ2) is 5.91. The van der Waals surface area contributed by atoms with Gasteiger partial charge in [0, 0.05) is 6.20 Å². The number of benzene rings is 1. The maximum atomic E-state index is 11.7. The van der Waals surface area contributed by atoms with E-state index >= 15 is 0 Å². The van der Waals surface area contributed by atoms with Gasteiger partial charge < -0.3 is 4.74 Å². The number of aromatic amines is 1. The number of halogens is 2. The first-order valence-electron chi connectivity index (χ1n) is 5.33. The maximum Gasteiger partial charge on any atom is 0.328 e. The quantitative estimate of drug-likeness (QED) is 0.748. The summed E-state index contributed by atoms with van der Waals surface area (Å²) in [5, 5.41) is 0. The molecular weight excluding hydrogens is 427 g/mol. The van der Waals surface area contributed by atoms with Crippen LogP contribution in [0.3, 0.4) is 0 Å². The summed E-state index contributed by atoms with van der Waals surface area (Å²) in [7, 11) is 1.59. The molecular formula is C12H10BrIN2O3. The standard InChI is InChI=1S/C12H10BrIN2O3/c1-19-10-3-2-7(4-8(10)13)5-16-6-9(14)11(17)15-12(16)18/h2-4,6H,5H2,1H3,(H,15,17,18). The second-order valence-corrected chi connectivity index (χ2v) is 5.85. The smallest absolute Gasteiger partial charge is 0.328 e. The Hall–Kier alpha value is -1.09. The molecule has 1 N–H and O–H groups in total. The predicted octanol–water partition coefficient (Wildman–Crippen LogP) is 1.96. The van der Waals surface area contributed by atoms with Crippen LogP contribution in [0.4, 0.5) is 0 Å². The number of ether oxygens (including phenoxy) is 1. The minimum Gasteiger partial charge on any atom is -0.496 e. The molecule has 0 radical (unpaired) electrons. The van der Waals surface area contributed by atoms with Crippen LogP contribution in [0, 0.1) is 3.57 Å². The van der Waals surface area contributed by atoms with Gasteiger partial charge in [-0.3, -0.25) is 14.3 Å². The van der Waals surface area contributed by atoms with E-state index in [-0.39, 0.29) is 5.56 Å². The number of hydrogen-bond acceptors (Lipinski definition) is 3. The third-order valence-corrected chi connectivity index (χ3v) is 3.92. The normalized spacial score (nSPS) is 10.5. The molecule has 0 aliphatic rings. The Labute approximate surface area is 130 Å². The first-order chi connectivity index (χ1) is 9.01. The second-order valence-electron chi connectivity index (χ2n) is 3.83. The lowest BCUT2D eigenvalue weighted by atomic mass is 10.2. The highest BCUT2D eigenvalue weighted by Gasteiger charge is 2.05. The lowest BCUT2D eigenvalue weighted by Crippen LogP contribution is -2.31. The van der Waals surface area contributed by atoms with Gasteiger partial charge in [0.2, 0.25) is 0 Å². The third-order valence-electron chi connectivity index (χ3n) is 2.54. The minimum absolute atomic E-state index is 0.363. The predicted molar refractivity (Wildman–Crippen MR) is 83.8 cm³/mol. The van der Waals surface area contributed by atoms with Gasteiger partial charge in [0.25, 0.3) is 5.56 Å². The molecule has 0 aliphatic carbocycles. The van der Waals surface area contributed by atoms with E-state index in [0.717, 1.165) is 15.8 Å².